The fourth-order valence-corrected chi connectivity index (χ4v) is 7.07. The van der Waals surface area contributed by atoms with Crippen molar-refractivity contribution in [3.63, 3.8) is 0 Å². The first-order valence-electron chi connectivity index (χ1n) is 9.94. The molecular formula is C22H23N3O2. The van der Waals surface area contributed by atoms with E-state index in [1.807, 2.05) is 30.3 Å². The fourth-order valence-electron chi connectivity index (χ4n) is 7.07. The van der Waals surface area contributed by atoms with Gasteiger partial charge in [-0.2, -0.15) is 0 Å². The molecule has 2 aliphatic heterocycles. The molecule has 1 saturated carbocycles. The van der Waals surface area contributed by atoms with Crippen LogP contribution in [0.1, 0.15) is 51.6 Å². The molecule has 5 aliphatic rings. The third-order valence-corrected chi connectivity index (χ3v) is 8.12. The van der Waals surface area contributed by atoms with Crippen molar-refractivity contribution < 1.29 is 0 Å². The molecule has 0 saturated heterocycles. The van der Waals surface area contributed by atoms with Gasteiger partial charge in [0.25, 0.3) is 0 Å². The molecule has 2 aromatic rings. The van der Waals surface area contributed by atoms with Gasteiger partial charge in [-0.3, -0.25) is 0 Å². The minimum absolute atomic E-state index is 0.00783. The Labute approximate surface area is 157 Å². The Bertz CT molecular complexity index is 1090. The van der Waals surface area contributed by atoms with Gasteiger partial charge in [-0.25, -0.2) is 23.5 Å². The molecule has 3 heterocycles. The van der Waals surface area contributed by atoms with Gasteiger partial charge in [0.05, 0.1) is 17.8 Å². The largest absolute Gasteiger partial charge is 0.352 e. The summed E-state index contributed by atoms with van der Waals surface area (Å²) in [6.45, 7) is 4.49. The van der Waals surface area contributed by atoms with E-state index in [9.17, 15) is 9.59 Å². The summed E-state index contributed by atoms with van der Waals surface area (Å²) in [6, 6.07) is 9.18. The first-order chi connectivity index (χ1) is 13.1. The SMILES string of the molecule is CC1=C(C)[C@@]23CCCC[C@]12[C@@H]1C=C[C@@H]3n2c(=O)n(-c3ccccc3)c(=O)n21. The molecule has 5 nitrogen and oxygen atoms in total. The summed E-state index contributed by atoms with van der Waals surface area (Å²) in [5.41, 5.74) is 3.13. The van der Waals surface area contributed by atoms with Crippen molar-refractivity contribution in [1.29, 1.82) is 0 Å². The highest BCUT2D eigenvalue weighted by Crippen LogP contribution is 2.78. The molecule has 1 fully saturated rings. The number of hydrogen-bond acceptors (Lipinski definition) is 2. The summed E-state index contributed by atoms with van der Waals surface area (Å²) in [7, 11) is 0. The Morgan fingerprint density at radius 1 is 0.815 bits per heavy atom. The van der Waals surface area contributed by atoms with Gasteiger partial charge in [-0.05, 0) is 38.8 Å². The highest BCUT2D eigenvalue weighted by molar-refractivity contribution is 5.51. The normalized spacial score (nSPS) is 35.5. The van der Waals surface area contributed by atoms with Crippen LogP contribution in [0.3, 0.4) is 0 Å². The monoisotopic (exact) mass is 361 g/mol. The number of rotatable bonds is 1. The summed E-state index contributed by atoms with van der Waals surface area (Å²) in [5, 5.41) is 0. The van der Waals surface area contributed by atoms with E-state index in [4.69, 9.17) is 0 Å². The van der Waals surface area contributed by atoms with Crippen LogP contribution < -0.4 is 11.4 Å². The Morgan fingerprint density at radius 2 is 1.30 bits per heavy atom. The molecule has 0 radical (unpaired) electrons. The number of hydrogen-bond donors (Lipinski definition) is 0. The maximum absolute atomic E-state index is 13.4. The zero-order valence-corrected chi connectivity index (χ0v) is 15.7. The van der Waals surface area contributed by atoms with Crippen LogP contribution in [0, 0.1) is 10.8 Å². The smallest absolute Gasteiger partial charge is 0.245 e. The number of allylic oxidation sites excluding steroid dienone is 4. The summed E-state index contributed by atoms with van der Waals surface area (Å²) in [5.74, 6) is 0. The van der Waals surface area contributed by atoms with E-state index in [1.165, 1.54) is 28.6 Å². The minimum Gasteiger partial charge on any atom is -0.245 e. The van der Waals surface area contributed by atoms with Gasteiger partial charge in [0.15, 0.2) is 0 Å². The van der Waals surface area contributed by atoms with Crippen LogP contribution >= 0.6 is 0 Å². The number of benzene rings is 1. The van der Waals surface area contributed by atoms with Crippen molar-refractivity contribution in [2.24, 2.45) is 10.8 Å². The van der Waals surface area contributed by atoms with E-state index in [2.05, 4.69) is 26.0 Å². The van der Waals surface area contributed by atoms with Gasteiger partial charge < -0.3 is 0 Å². The molecule has 5 heteroatoms. The topological polar surface area (TPSA) is 48.9 Å². The Kier molecular flexibility index (Phi) is 2.66. The molecule has 3 aliphatic carbocycles. The van der Waals surface area contributed by atoms with E-state index >= 15 is 0 Å². The van der Waals surface area contributed by atoms with Crippen LogP contribution in [-0.2, 0) is 0 Å². The molecule has 4 atom stereocenters. The second-order valence-corrected chi connectivity index (χ2v) is 8.60. The van der Waals surface area contributed by atoms with Gasteiger partial charge in [-0.15, -0.1) is 0 Å². The second-order valence-electron chi connectivity index (χ2n) is 8.60. The molecule has 1 aromatic carbocycles. The van der Waals surface area contributed by atoms with E-state index in [1.54, 1.807) is 9.36 Å². The quantitative estimate of drug-likeness (QED) is 0.731. The van der Waals surface area contributed by atoms with Crippen molar-refractivity contribution in [1.82, 2.24) is 13.9 Å². The van der Waals surface area contributed by atoms with Crippen LogP contribution in [-0.4, -0.2) is 13.9 Å². The van der Waals surface area contributed by atoms with Gasteiger partial charge >= 0.3 is 11.4 Å². The molecule has 0 amide bonds. The van der Waals surface area contributed by atoms with Crippen LogP contribution in [0.15, 0.2) is 63.2 Å². The predicted octanol–water partition coefficient (Wildman–Crippen LogP) is 3.36. The zero-order chi connectivity index (χ0) is 18.6. The summed E-state index contributed by atoms with van der Waals surface area (Å²) in [6.07, 6.45) is 9.00. The van der Waals surface area contributed by atoms with E-state index in [0.29, 0.717) is 5.69 Å². The Hall–Kier alpha value is -2.56. The van der Waals surface area contributed by atoms with E-state index in [-0.39, 0.29) is 34.3 Å². The first kappa shape index (κ1) is 15.5. The third kappa shape index (κ3) is 1.38. The van der Waals surface area contributed by atoms with E-state index in [0.717, 1.165) is 12.8 Å². The molecule has 1 aromatic heterocycles. The van der Waals surface area contributed by atoms with Crippen molar-refractivity contribution in [3.8, 4) is 5.69 Å². The van der Waals surface area contributed by atoms with Crippen LogP contribution in [0.25, 0.3) is 5.69 Å². The molecule has 0 unspecified atom stereocenters. The molecule has 138 valence electrons. The lowest BCUT2D eigenvalue weighted by molar-refractivity contribution is -0.104. The van der Waals surface area contributed by atoms with Crippen LogP contribution in [0.4, 0.5) is 0 Å². The lowest BCUT2D eigenvalue weighted by Gasteiger charge is -2.71. The van der Waals surface area contributed by atoms with Crippen molar-refractivity contribution in [2.75, 3.05) is 0 Å². The minimum atomic E-state index is -0.212. The first-order valence-corrected chi connectivity index (χ1v) is 9.94. The summed E-state index contributed by atoms with van der Waals surface area (Å²) >= 11 is 0. The number of aromatic nitrogens is 3. The molecule has 0 spiro atoms. The number of nitrogens with zero attached hydrogens (tertiary/aromatic N) is 3. The molecular weight excluding hydrogens is 338 g/mol. The summed E-state index contributed by atoms with van der Waals surface area (Å²) in [4.78, 5) is 26.8. The van der Waals surface area contributed by atoms with E-state index < -0.39 is 0 Å². The Balaban J connectivity index is 1.69. The van der Waals surface area contributed by atoms with Gasteiger partial charge in [0.1, 0.15) is 0 Å². The summed E-state index contributed by atoms with van der Waals surface area (Å²) < 4.78 is 4.88. The second kappa shape index (κ2) is 4.64. The van der Waals surface area contributed by atoms with Crippen molar-refractivity contribution in [2.45, 2.75) is 51.6 Å². The standard InChI is InChI=1S/C22H23N3O2/c1-14-15(2)22-13-7-6-12-21(14,22)17-10-11-18(22)25-20(27)23(19(26)24(17)25)16-8-4-3-5-9-16/h3-5,8-11,17-18H,6-7,12-13H2,1-2H3/t17-,18-,21+,22+/m0/s1. The lowest BCUT2D eigenvalue weighted by Crippen LogP contribution is -2.68. The highest BCUT2D eigenvalue weighted by Gasteiger charge is 2.72. The van der Waals surface area contributed by atoms with Crippen LogP contribution in [0.2, 0.25) is 0 Å². The van der Waals surface area contributed by atoms with Crippen molar-refractivity contribution >= 4 is 0 Å². The number of para-hydroxylation sites is 1. The molecule has 2 bridgehead atoms. The van der Waals surface area contributed by atoms with Crippen molar-refractivity contribution in [3.05, 3.63) is 74.6 Å². The molecule has 7 rings (SSSR count). The zero-order valence-electron chi connectivity index (χ0n) is 15.7. The van der Waals surface area contributed by atoms with Gasteiger partial charge in [0, 0.05) is 10.8 Å². The average Bonchev–Trinajstić information content (AvgIpc) is 2.99. The molecule has 0 N–H and O–H groups in total. The third-order valence-electron chi connectivity index (χ3n) is 8.12. The highest BCUT2D eigenvalue weighted by atomic mass is 16.2. The van der Waals surface area contributed by atoms with Crippen LogP contribution in [0.5, 0.6) is 0 Å². The Morgan fingerprint density at radius 3 is 1.78 bits per heavy atom. The lowest BCUT2D eigenvalue weighted by atomic mass is 9.35. The maximum atomic E-state index is 13.4. The molecule has 27 heavy (non-hydrogen) atoms. The fraction of sp³-hybridized carbons (Fsp3) is 0.455. The average molecular weight is 361 g/mol. The maximum Gasteiger partial charge on any atom is 0.352 e. The van der Waals surface area contributed by atoms with Gasteiger partial charge in [-0.1, -0.05) is 54.3 Å². The predicted molar refractivity (Wildman–Crippen MR) is 103 cm³/mol. The van der Waals surface area contributed by atoms with Gasteiger partial charge in [0.2, 0.25) is 0 Å².